The first-order chi connectivity index (χ1) is 0. The molecular weight excluding hydrogens is 283 g/mol. The van der Waals surface area contributed by atoms with E-state index in [-0.39, 0.29) is 90.7 Å². The Labute approximate surface area is 89.0 Å². The van der Waals surface area contributed by atoms with Crippen LogP contribution in [0, 0.1) is 0 Å². The molecule has 0 radical (unpaired) electrons. The fourth-order valence-corrected chi connectivity index (χ4v) is 0. The van der Waals surface area contributed by atoms with E-state index in [1.165, 1.54) is 0 Å². The molecule has 0 amide bonds. The monoisotopic (exact) mass is 284 g/mol. The van der Waals surface area contributed by atoms with Crippen molar-refractivity contribution in [2.45, 2.75) is 0 Å². The fourth-order valence-electron chi connectivity index (χ4n) is 0. The first-order valence-corrected chi connectivity index (χ1v) is 0. The van der Waals surface area contributed by atoms with Crippen molar-refractivity contribution in [2.24, 2.45) is 0 Å². The van der Waals surface area contributed by atoms with Gasteiger partial charge >= 0.3 is 0 Å². The maximum absolute atomic E-state index is 0. The summed E-state index contributed by atoms with van der Waals surface area (Å²) in [5.41, 5.74) is 0. The number of hydrogen-bond acceptors (Lipinski definition) is 0. The van der Waals surface area contributed by atoms with Crippen molar-refractivity contribution in [2.75, 3.05) is 0 Å². The minimum absolute atomic E-state index is 0. The summed E-state index contributed by atoms with van der Waals surface area (Å²) >= 11 is 0. The average Bonchev–Trinajstić information content (AvgIpc) is 0. The molecule has 0 aromatic carbocycles. The molecule has 0 aromatic rings. The van der Waals surface area contributed by atoms with Gasteiger partial charge in [0.25, 0.3) is 0 Å². The van der Waals surface area contributed by atoms with Crippen LogP contribution in [0.3, 0.4) is 0 Å². The molecule has 0 aliphatic heterocycles. The van der Waals surface area contributed by atoms with E-state index in [0.29, 0.717) is 0 Å². The Morgan fingerprint density at radius 3 is 0.750 bits per heavy atom. The van der Waals surface area contributed by atoms with Crippen molar-refractivity contribution in [1.82, 2.24) is 0 Å². The zero-order chi connectivity index (χ0) is 0. The van der Waals surface area contributed by atoms with Gasteiger partial charge in [0.2, 0.25) is 0 Å². The Balaban J connectivity index is 0. The molecule has 0 aliphatic rings. The molecule has 0 fully saturated rings. The standard InChI is InChI=1S/Mo.2Ti.Zr. The van der Waals surface area contributed by atoms with Crippen LogP contribution in [0.2, 0.25) is 0 Å². The minimum atomic E-state index is 0. The third-order valence-electron chi connectivity index (χ3n) is 0. The Morgan fingerprint density at radius 1 is 0.750 bits per heavy atom. The topological polar surface area (TPSA) is 0 Å². The molecular formula is MoTi2Zr. The Bertz CT molecular complexity index is 6.00. The molecule has 0 rings (SSSR count). The second kappa shape index (κ2) is 16.7. The van der Waals surface area contributed by atoms with Gasteiger partial charge in [-0.05, 0) is 0 Å². The zero-order valence-corrected chi connectivity index (χ0v) is 9.50. The van der Waals surface area contributed by atoms with E-state index in [1.54, 1.807) is 0 Å². The second-order valence-electron chi connectivity index (χ2n) is 0. The van der Waals surface area contributed by atoms with Crippen molar-refractivity contribution in [3.05, 3.63) is 0 Å². The smallest absolute Gasteiger partial charge is 0 e. The van der Waals surface area contributed by atoms with Crippen LogP contribution in [0.15, 0.2) is 0 Å². The molecule has 4 heteroatoms. The fraction of sp³-hybridized carbons (Fsp3) is 0. The minimum Gasteiger partial charge on any atom is 0 e. The summed E-state index contributed by atoms with van der Waals surface area (Å²) in [6.07, 6.45) is 0. The van der Waals surface area contributed by atoms with Crippen LogP contribution in [0.5, 0.6) is 0 Å². The van der Waals surface area contributed by atoms with Crippen LogP contribution in [-0.4, -0.2) is 0 Å². The first-order valence-electron chi connectivity index (χ1n) is 0. The van der Waals surface area contributed by atoms with Crippen molar-refractivity contribution >= 4 is 0 Å². The molecule has 0 N–H and O–H groups in total. The van der Waals surface area contributed by atoms with Gasteiger partial charge in [0, 0.05) is 90.7 Å². The summed E-state index contributed by atoms with van der Waals surface area (Å²) in [5, 5.41) is 0. The molecule has 0 atom stereocenters. The summed E-state index contributed by atoms with van der Waals surface area (Å²) in [7, 11) is 0. The predicted octanol–water partition coefficient (Wildman–Crippen LogP) is -0.0100. The summed E-state index contributed by atoms with van der Waals surface area (Å²) in [4.78, 5) is 0. The third-order valence-corrected chi connectivity index (χ3v) is 0. The van der Waals surface area contributed by atoms with E-state index in [2.05, 4.69) is 0 Å². The normalized spacial score (nSPS) is 0. The maximum Gasteiger partial charge on any atom is 0 e. The van der Waals surface area contributed by atoms with Gasteiger partial charge in [0.05, 0.1) is 0 Å². The number of rotatable bonds is 0. The molecule has 4 heavy (non-hydrogen) atoms. The van der Waals surface area contributed by atoms with Crippen LogP contribution < -0.4 is 0 Å². The van der Waals surface area contributed by atoms with Crippen LogP contribution in [0.1, 0.15) is 0 Å². The zero-order valence-electron chi connectivity index (χ0n) is 1.91. The van der Waals surface area contributed by atoms with Crippen LogP contribution in [0.25, 0.3) is 0 Å². The van der Waals surface area contributed by atoms with Crippen LogP contribution in [-0.2, 0) is 90.7 Å². The van der Waals surface area contributed by atoms with E-state index in [0.717, 1.165) is 0 Å². The van der Waals surface area contributed by atoms with E-state index in [1.807, 2.05) is 0 Å². The predicted molar refractivity (Wildman–Crippen MR) is 0 cm³/mol. The van der Waals surface area contributed by atoms with Crippen molar-refractivity contribution < 1.29 is 90.7 Å². The Morgan fingerprint density at radius 2 is 0.750 bits per heavy atom. The van der Waals surface area contributed by atoms with Gasteiger partial charge in [-0.1, -0.05) is 0 Å². The van der Waals surface area contributed by atoms with Gasteiger partial charge in [0.1, 0.15) is 0 Å². The van der Waals surface area contributed by atoms with E-state index in [4.69, 9.17) is 0 Å². The van der Waals surface area contributed by atoms with Crippen molar-refractivity contribution in [1.29, 1.82) is 0 Å². The van der Waals surface area contributed by atoms with Crippen molar-refractivity contribution in [3.63, 3.8) is 0 Å². The van der Waals surface area contributed by atoms with Crippen LogP contribution in [0.4, 0.5) is 0 Å². The van der Waals surface area contributed by atoms with Gasteiger partial charge in [-0.25, -0.2) is 0 Å². The van der Waals surface area contributed by atoms with Gasteiger partial charge in [-0.15, -0.1) is 0 Å². The maximum atomic E-state index is 0. The molecule has 18 valence electrons. The molecule has 0 saturated heterocycles. The van der Waals surface area contributed by atoms with Gasteiger partial charge in [-0.3, -0.25) is 0 Å². The summed E-state index contributed by atoms with van der Waals surface area (Å²) in [6, 6.07) is 0. The second-order valence-corrected chi connectivity index (χ2v) is 0. The summed E-state index contributed by atoms with van der Waals surface area (Å²) in [6.45, 7) is 0. The van der Waals surface area contributed by atoms with Gasteiger partial charge in [-0.2, -0.15) is 0 Å². The summed E-state index contributed by atoms with van der Waals surface area (Å²) in [5.74, 6) is 0. The Hall–Kier alpha value is 3.00. The number of hydrogen-bond donors (Lipinski definition) is 0. The molecule has 0 heterocycles. The average molecular weight is 283 g/mol. The SMILES string of the molecule is [Mo].[Ti].[Ti].[Zr]. The van der Waals surface area contributed by atoms with Crippen molar-refractivity contribution in [3.8, 4) is 0 Å². The van der Waals surface area contributed by atoms with Crippen LogP contribution >= 0.6 is 0 Å². The summed E-state index contributed by atoms with van der Waals surface area (Å²) < 4.78 is 0. The third kappa shape index (κ3) is 8.89. The molecule has 0 aromatic heterocycles. The molecule has 0 spiro atoms. The Kier molecular flexibility index (Phi) is 117. The molecule has 0 unspecified atom stereocenters. The quantitative estimate of drug-likeness (QED) is 0.549. The van der Waals surface area contributed by atoms with E-state index < -0.39 is 0 Å². The van der Waals surface area contributed by atoms with Gasteiger partial charge in [0.15, 0.2) is 0 Å². The molecule has 0 aliphatic carbocycles. The van der Waals surface area contributed by atoms with E-state index in [9.17, 15) is 0 Å². The largest absolute Gasteiger partial charge is 0 e. The van der Waals surface area contributed by atoms with E-state index >= 15 is 0 Å². The molecule has 0 saturated carbocycles. The van der Waals surface area contributed by atoms with Gasteiger partial charge < -0.3 is 0 Å². The first kappa shape index (κ1) is 28.0. The molecule has 0 nitrogen and oxygen atoms in total. The molecule has 0 bridgehead atoms.